The molecule has 7 heteroatoms. The third-order valence-electron chi connectivity index (χ3n) is 3.29. The summed E-state index contributed by atoms with van der Waals surface area (Å²) in [6, 6.07) is 1.31. The third kappa shape index (κ3) is 3.89. The molecule has 0 heterocycles. The van der Waals surface area contributed by atoms with Crippen molar-refractivity contribution >= 4 is 27.6 Å². The van der Waals surface area contributed by atoms with Crippen LogP contribution in [-0.4, -0.2) is 23.3 Å². The lowest BCUT2D eigenvalue weighted by Gasteiger charge is -2.26. The second kappa shape index (κ2) is 6.49. The minimum atomic E-state index is -0.833. The molecule has 1 aromatic rings. The molecular weight excluding hydrogens is 334 g/mol. The van der Waals surface area contributed by atoms with E-state index in [-0.39, 0.29) is 22.3 Å². The van der Waals surface area contributed by atoms with Gasteiger partial charge in [0.1, 0.15) is 11.6 Å². The maximum absolute atomic E-state index is 13.5. The maximum atomic E-state index is 13.5. The smallest absolute Gasteiger partial charge is 0.319 e. The molecule has 4 nitrogen and oxygen atoms in total. The number of rotatable bonds is 2. The fourth-order valence-electron chi connectivity index (χ4n) is 2.18. The first-order chi connectivity index (χ1) is 9.45. The number of urea groups is 1. The van der Waals surface area contributed by atoms with Gasteiger partial charge in [0.15, 0.2) is 0 Å². The highest BCUT2D eigenvalue weighted by Crippen LogP contribution is 2.24. The summed E-state index contributed by atoms with van der Waals surface area (Å²) in [7, 11) is 0. The lowest BCUT2D eigenvalue weighted by Crippen LogP contribution is -2.41. The van der Waals surface area contributed by atoms with Crippen LogP contribution in [0.5, 0.6) is 0 Å². The van der Waals surface area contributed by atoms with Gasteiger partial charge in [-0.3, -0.25) is 0 Å². The number of hydrogen-bond acceptors (Lipinski definition) is 2. The van der Waals surface area contributed by atoms with Gasteiger partial charge in [0.05, 0.1) is 16.3 Å². The molecule has 0 atom stereocenters. The lowest BCUT2D eigenvalue weighted by molar-refractivity contribution is 0.118. The number of benzene rings is 1. The topological polar surface area (TPSA) is 61.4 Å². The van der Waals surface area contributed by atoms with Crippen molar-refractivity contribution in [1.29, 1.82) is 0 Å². The zero-order valence-electron chi connectivity index (χ0n) is 10.6. The number of carbonyl (C=O) groups is 1. The van der Waals surface area contributed by atoms with Gasteiger partial charge in [0, 0.05) is 12.1 Å². The van der Waals surface area contributed by atoms with Crippen LogP contribution in [0.4, 0.5) is 19.3 Å². The number of halogens is 3. The van der Waals surface area contributed by atoms with Crippen molar-refractivity contribution in [2.24, 2.45) is 0 Å². The van der Waals surface area contributed by atoms with Crippen LogP contribution in [0.2, 0.25) is 0 Å². The molecule has 0 radical (unpaired) electrons. The summed E-state index contributed by atoms with van der Waals surface area (Å²) in [5.41, 5.74) is -0.0911. The van der Waals surface area contributed by atoms with Crippen LogP contribution < -0.4 is 10.6 Å². The van der Waals surface area contributed by atoms with Crippen LogP contribution in [0, 0.1) is 11.6 Å². The molecule has 1 aromatic carbocycles. The number of amides is 2. The summed E-state index contributed by atoms with van der Waals surface area (Å²) < 4.78 is 26.6. The Morgan fingerprint density at radius 2 is 1.85 bits per heavy atom. The van der Waals surface area contributed by atoms with Crippen molar-refractivity contribution in [3.8, 4) is 0 Å². The molecule has 0 aromatic heterocycles. The molecule has 0 bridgehead atoms. The van der Waals surface area contributed by atoms with E-state index in [1.165, 1.54) is 6.07 Å². The predicted molar refractivity (Wildman–Crippen MR) is 74.5 cm³/mol. The highest BCUT2D eigenvalue weighted by Gasteiger charge is 2.21. The van der Waals surface area contributed by atoms with Crippen molar-refractivity contribution in [1.82, 2.24) is 5.32 Å². The van der Waals surface area contributed by atoms with Gasteiger partial charge >= 0.3 is 6.03 Å². The zero-order chi connectivity index (χ0) is 14.7. The van der Waals surface area contributed by atoms with E-state index in [2.05, 4.69) is 26.6 Å². The Bertz CT molecular complexity index is 505. The summed E-state index contributed by atoms with van der Waals surface area (Å²) in [6.45, 7) is 0. The molecule has 2 rings (SSSR count). The summed E-state index contributed by atoms with van der Waals surface area (Å²) in [4.78, 5) is 11.8. The standard InChI is InChI=1S/C13H15BrF2N2O2/c14-9-5-12(11(16)6-10(9)15)18-13(20)17-7-1-3-8(19)4-2-7/h5-8,19H,1-4H2,(H2,17,18,20). The highest BCUT2D eigenvalue weighted by molar-refractivity contribution is 9.10. The fourth-order valence-corrected chi connectivity index (χ4v) is 2.53. The minimum absolute atomic E-state index is 0.0367. The van der Waals surface area contributed by atoms with E-state index in [9.17, 15) is 18.7 Å². The highest BCUT2D eigenvalue weighted by atomic mass is 79.9. The Morgan fingerprint density at radius 1 is 1.20 bits per heavy atom. The lowest BCUT2D eigenvalue weighted by atomic mass is 9.93. The molecule has 20 heavy (non-hydrogen) atoms. The Morgan fingerprint density at radius 3 is 2.50 bits per heavy atom. The van der Waals surface area contributed by atoms with E-state index in [0.29, 0.717) is 31.7 Å². The van der Waals surface area contributed by atoms with Crippen molar-refractivity contribution in [2.75, 3.05) is 5.32 Å². The quantitative estimate of drug-likeness (QED) is 0.719. The SMILES string of the molecule is O=C(Nc1cc(Br)c(F)cc1F)NC1CCC(O)CC1. The molecule has 1 aliphatic carbocycles. The molecule has 0 saturated heterocycles. The number of aliphatic hydroxyl groups is 1. The summed E-state index contributed by atoms with van der Waals surface area (Å²) in [5, 5.41) is 14.4. The normalized spacial score (nSPS) is 22.4. The molecule has 3 N–H and O–H groups in total. The molecule has 0 spiro atoms. The van der Waals surface area contributed by atoms with Crippen LogP contribution >= 0.6 is 15.9 Å². The van der Waals surface area contributed by atoms with Crippen LogP contribution in [0.25, 0.3) is 0 Å². The van der Waals surface area contributed by atoms with Gasteiger partial charge < -0.3 is 15.7 Å². The Balaban J connectivity index is 1.93. The Kier molecular flexibility index (Phi) is 4.93. The largest absolute Gasteiger partial charge is 0.393 e. The molecule has 2 amide bonds. The molecule has 110 valence electrons. The first-order valence-electron chi connectivity index (χ1n) is 6.36. The van der Waals surface area contributed by atoms with Crippen LogP contribution in [0.15, 0.2) is 16.6 Å². The van der Waals surface area contributed by atoms with Crippen molar-refractivity contribution < 1.29 is 18.7 Å². The van der Waals surface area contributed by atoms with E-state index in [1.807, 2.05) is 0 Å². The van der Waals surface area contributed by atoms with Crippen molar-refractivity contribution in [3.05, 3.63) is 28.2 Å². The summed E-state index contributed by atoms with van der Waals surface area (Å²) in [5.74, 6) is -1.56. The van der Waals surface area contributed by atoms with E-state index in [0.717, 1.165) is 0 Å². The Hall–Kier alpha value is -1.21. The first-order valence-corrected chi connectivity index (χ1v) is 7.15. The maximum Gasteiger partial charge on any atom is 0.319 e. The molecule has 0 unspecified atom stereocenters. The van der Waals surface area contributed by atoms with Gasteiger partial charge in [-0.15, -0.1) is 0 Å². The third-order valence-corrected chi connectivity index (χ3v) is 3.90. The van der Waals surface area contributed by atoms with Gasteiger partial charge in [-0.25, -0.2) is 13.6 Å². The second-order valence-electron chi connectivity index (χ2n) is 4.85. The number of hydrogen-bond donors (Lipinski definition) is 3. The summed E-state index contributed by atoms with van der Waals surface area (Å²) in [6.07, 6.45) is 2.35. The Labute approximate surface area is 123 Å². The minimum Gasteiger partial charge on any atom is -0.393 e. The van der Waals surface area contributed by atoms with Crippen LogP contribution in [-0.2, 0) is 0 Å². The van der Waals surface area contributed by atoms with Crippen molar-refractivity contribution in [3.63, 3.8) is 0 Å². The number of aliphatic hydroxyl groups excluding tert-OH is 1. The van der Waals surface area contributed by atoms with Gasteiger partial charge in [0.2, 0.25) is 0 Å². The van der Waals surface area contributed by atoms with Gasteiger partial charge in [-0.05, 0) is 47.7 Å². The molecule has 1 aliphatic rings. The predicted octanol–water partition coefficient (Wildman–Crippen LogP) is 3.15. The van der Waals surface area contributed by atoms with E-state index < -0.39 is 17.7 Å². The number of anilines is 1. The monoisotopic (exact) mass is 348 g/mol. The zero-order valence-corrected chi connectivity index (χ0v) is 12.2. The van der Waals surface area contributed by atoms with E-state index in [1.54, 1.807) is 0 Å². The van der Waals surface area contributed by atoms with Gasteiger partial charge in [-0.2, -0.15) is 0 Å². The second-order valence-corrected chi connectivity index (χ2v) is 5.70. The van der Waals surface area contributed by atoms with Crippen LogP contribution in [0.1, 0.15) is 25.7 Å². The summed E-state index contributed by atoms with van der Waals surface area (Å²) >= 11 is 2.93. The molecular formula is C13H15BrF2N2O2. The number of carbonyl (C=O) groups excluding carboxylic acids is 1. The van der Waals surface area contributed by atoms with E-state index >= 15 is 0 Å². The molecule has 0 aliphatic heterocycles. The molecule has 1 fully saturated rings. The average Bonchev–Trinajstić information content (AvgIpc) is 2.39. The van der Waals surface area contributed by atoms with E-state index in [4.69, 9.17) is 0 Å². The van der Waals surface area contributed by atoms with Gasteiger partial charge in [0.25, 0.3) is 0 Å². The van der Waals surface area contributed by atoms with Crippen molar-refractivity contribution in [2.45, 2.75) is 37.8 Å². The van der Waals surface area contributed by atoms with Crippen LogP contribution in [0.3, 0.4) is 0 Å². The van der Waals surface area contributed by atoms with Gasteiger partial charge in [-0.1, -0.05) is 0 Å². The average molecular weight is 349 g/mol. The molecule has 1 saturated carbocycles. The number of nitrogens with one attached hydrogen (secondary N) is 2. The first kappa shape index (κ1) is 15.2. The fraction of sp³-hybridized carbons (Fsp3) is 0.462.